The maximum atomic E-state index is 14.0. The first kappa shape index (κ1) is 34.7. The van der Waals surface area contributed by atoms with Crippen LogP contribution in [0, 0.1) is 0 Å². The predicted octanol–water partition coefficient (Wildman–Crippen LogP) is 5.46. The summed E-state index contributed by atoms with van der Waals surface area (Å²) in [5, 5.41) is 3.32. The molecule has 0 fully saturated rings. The molecule has 0 aromatic heterocycles. The number of sulfonamides is 1. The maximum Gasteiger partial charge on any atom is 0.243 e. The Labute approximate surface area is 266 Å². The molecule has 238 valence electrons. The number of anilines is 1. The number of nitrogens with one attached hydrogen (secondary N) is 1. The smallest absolute Gasteiger partial charge is 0.243 e. The molecule has 0 saturated carbocycles. The van der Waals surface area contributed by atoms with Crippen molar-refractivity contribution in [2.24, 2.45) is 0 Å². The number of amides is 2. The zero-order valence-corrected chi connectivity index (χ0v) is 27.7. The van der Waals surface area contributed by atoms with Crippen LogP contribution < -0.4 is 19.1 Å². The Balaban J connectivity index is 1.92. The van der Waals surface area contributed by atoms with Crippen molar-refractivity contribution in [1.82, 2.24) is 10.2 Å². The minimum Gasteiger partial charge on any atom is -0.497 e. The molecule has 0 radical (unpaired) electrons. The molecule has 0 aliphatic rings. The average molecular weight is 644 g/mol. The lowest BCUT2D eigenvalue weighted by Crippen LogP contribution is -2.54. The van der Waals surface area contributed by atoms with Crippen LogP contribution in [0.1, 0.15) is 44.7 Å². The number of benzene rings is 3. The van der Waals surface area contributed by atoms with E-state index in [9.17, 15) is 18.0 Å². The van der Waals surface area contributed by atoms with Gasteiger partial charge in [0, 0.05) is 31.5 Å². The summed E-state index contributed by atoms with van der Waals surface area (Å²) >= 11 is 6.27. The summed E-state index contributed by atoms with van der Waals surface area (Å²) in [6.45, 7) is 5.88. The van der Waals surface area contributed by atoms with Gasteiger partial charge >= 0.3 is 0 Å². The molecule has 3 rings (SSSR count). The normalized spacial score (nSPS) is 12.2. The fourth-order valence-corrected chi connectivity index (χ4v) is 6.00. The maximum absolute atomic E-state index is 14.0. The molecule has 0 heterocycles. The van der Waals surface area contributed by atoms with Crippen LogP contribution in [-0.4, -0.2) is 63.7 Å². The van der Waals surface area contributed by atoms with E-state index < -0.39 is 21.6 Å². The van der Waals surface area contributed by atoms with Crippen molar-refractivity contribution in [2.75, 3.05) is 31.3 Å². The zero-order valence-electron chi connectivity index (χ0n) is 26.2. The number of methoxy groups -OCH3 is 2. The van der Waals surface area contributed by atoms with Crippen molar-refractivity contribution in [3.63, 3.8) is 0 Å². The molecule has 3 aromatic rings. The van der Waals surface area contributed by atoms with Gasteiger partial charge in [0.1, 0.15) is 17.5 Å². The van der Waals surface area contributed by atoms with Gasteiger partial charge < -0.3 is 19.7 Å². The Hall–Kier alpha value is -3.76. The first-order chi connectivity index (χ1) is 20.7. The van der Waals surface area contributed by atoms with Gasteiger partial charge in [0.05, 0.1) is 31.2 Å². The third-order valence-electron chi connectivity index (χ3n) is 6.83. The van der Waals surface area contributed by atoms with Gasteiger partial charge in [-0.3, -0.25) is 13.9 Å². The number of hydrogen-bond donors (Lipinski definition) is 1. The third-order valence-corrected chi connectivity index (χ3v) is 8.32. The number of ether oxygens (including phenoxy) is 2. The van der Waals surface area contributed by atoms with E-state index in [2.05, 4.69) is 5.32 Å². The molecular formula is C33H42ClN3O6S. The molecule has 11 heteroatoms. The van der Waals surface area contributed by atoms with E-state index in [1.165, 1.54) is 17.5 Å². The Morgan fingerprint density at radius 2 is 1.61 bits per heavy atom. The number of carbonyl (C=O) groups is 2. The highest BCUT2D eigenvalue weighted by Gasteiger charge is 2.32. The quantitative estimate of drug-likeness (QED) is 0.250. The lowest BCUT2D eigenvalue weighted by molar-refractivity contribution is -0.142. The topological polar surface area (TPSA) is 105 Å². The minimum absolute atomic E-state index is 0.00790. The fourth-order valence-electron chi connectivity index (χ4n) is 4.79. The van der Waals surface area contributed by atoms with Crippen LogP contribution in [0.15, 0.2) is 72.8 Å². The molecule has 0 spiro atoms. The van der Waals surface area contributed by atoms with E-state index >= 15 is 0 Å². The molecule has 1 atom stereocenters. The minimum atomic E-state index is -3.69. The SMILES string of the molecule is COc1cccc(CN(C(=O)CCCN(c2ccc(OC)c(Cl)c2)S(C)(=O)=O)[C@H](Cc2ccccc2)C(=O)NC(C)(C)C)c1. The lowest BCUT2D eigenvalue weighted by atomic mass is 10.00. The number of rotatable bonds is 14. The van der Waals surface area contributed by atoms with E-state index in [1.807, 2.05) is 75.4 Å². The van der Waals surface area contributed by atoms with Gasteiger partial charge in [-0.15, -0.1) is 0 Å². The summed E-state index contributed by atoms with van der Waals surface area (Å²) in [7, 11) is -0.641. The van der Waals surface area contributed by atoms with Crippen LogP contribution in [-0.2, 0) is 32.6 Å². The van der Waals surface area contributed by atoms with Crippen LogP contribution >= 0.6 is 11.6 Å². The van der Waals surface area contributed by atoms with Crippen molar-refractivity contribution in [1.29, 1.82) is 0 Å². The van der Waals surface area contributed by atoms with Crippen LogP contribution in [0.5, 0.6) is 11.5 Å². The molecule has 9 nitrogen and oxygen atoms in total. The largest absolute Gasteiger partial charge is 0.497 e. The standard InChI is InChI=1S/C33H42ClN3O6S/c1-33(2,3)35-32(39)29(21-24-12-8-7-9-13-24)36(23-25-14-10-15-27(20-25)42-4)31(38)16-11-19-37(44(6,40)41)26-17-18-30(43-5)28(34)22-26/h7-10,12-15,17-18,20,22,29H,11,16,19,21,23H2,1-6H3,(H,35,39)/t29-/m1/s1. The van der Waals surface area contributed by atoms with Crippen molar-refractivity contribution in [3.05, 3.63) is 88.9 Å². The van der Waals surface area contributed by atoms with E-state index in [4.69, 9.17) is 21.1 Å². The van der Waals surface area contributed by atoms with Gasteiger partial charge in [-0.05, 0) is 68.7 Å². The summed E-state index contributed by atoms with van der Waals surface area (Å²) in [6.07, 6.45) is 1.63. The van der Waals surface area contributed by atoms with Crippen LogP contribution in [0.3, 0.4) is 0 Å². The van der Waals surface area contributed by atoms with Crippen molar-refractivity contribution >= 4 is 39.1 Å². The first-order valence-corrected chi connectivity index (χ1v) is 16.5. The van der Waals surface area contributed by atoms with Gasteiger partial charge in [0.2, 0.25) is 21.8 Å². The number of halogens is 1. The highest BCUT2D eigenvalue weighted by atomic mass is 35.5. The van der Waals surface area contributed by atoms with Gasteiger partial charge in [-0.1, -0.05) is 54.1 Å². The number of nitrogens with zero attached hydrogens (tertiary/aromatic N) is 2. The van der Waals surface area contributed by atoms with Gasteiger partial charge in [0.25, 0.3) is 0 Å². The Kier molecular flexibility index (Phi) is 12.1. The summed E-state index contributed by atoms with van der Waals surface area (Å²) in [5.74, 6) is 0.503. The van der Waals surface area contributed by atoms with Crippen molar-refractivity contribution in [2.45, 2.75) is 58.2 Å². The average Bonchev–Trinajstić information content (AvgIpc) is 2.96. The summed E-state index contributed by atoms with van der Waals surface area (Å²) in [6, 6.07) is 20.8. The fraction of sp³-hybridized carbons (Fsp3) is 0.394. The molecule has 0 bridgehead atoms. The van der Waals surface area contributed by atoms with Crippen LogP contribution in [0.25, 0.3) is 0 Å². The third kappa shape index (κ3) is 10.2. The number of hydrogen-bond acceptors (Lipinski definition) is 6. The molecule has 1 N–H and O–H groups in total. The van der Waals surface area contributed by atoms with Crippen LogP contribution in [0.4, 0.5) is 5.69 Å². The molecule has 3 aromatic carbocycles. The second-order valence-corrected chi connectivity index (χ2v) is 13.9. The monoisotopic (exact) mass is 643 g/mol. The molecule has 0 unspecified atom stereocenters. The van der Waals surface area contributed by atoms with E-state index in [1.54, 1.807) is 24.1 Å². The molecule has 0 aliphatic carbocycles. The van der Waals surface area contributed by atoms with Gasteiger partial charge in [-0.25, -0.2) is 8.42 Å². The molecule has 0 aliphatic heterocycles. The molecule has 0 saturated heterocycles. The second-order valence-electron chi connectivity index (χ2n) is 11.6. The predicted molar refractivity (Wildman–Crippen MR) is 175 cm³/mol. The summed E-state index contributed by atoms with van der Waals surface area (Å²) in [5.41, 5.74) is 1.55. The van der Waals surface area contributed by atoms with Crippen LogP contribution in [0.2, 0.25) is 5.02 Å². The Bertz CT molecular complexity index is 1530. The Morgan fingerprint density at radius 3 is 2.20 bits per heavy atom. The van der Waals surface area contributed by atoms with E-state index in [-0.39, 0.29) is 42.8 Å². The highest BCUT2D eigenvalue weighted by Crippen LogP contribution is 2.30. The highest BCUT2D eigenvalue weighted by molar-refractivity contribution is 7.92. The first-order valence-electron chi connectivity index (χ1n) is 14.3. The van der Waals surface area contributed by atoms with E-state index in [0.29, 0.717) is 23.6 Å². The molecular weight excluding hydrogens is 602 g/mol. The Morgan fingerprint density at radius 1 is 0.932 bits per heavy atom. The summed E-state index contributed by atoms with van der Waals surface area (Å²) < 4.78 is 37.3. The van der Waals surface area contributed by atoms with Gasteiger partial charge in [0.15, 0.2) is 0 Å². The van der Waals surface area contributed by atoms with Gasteiger partial charge in [-0.2, -0.15) is 0 Å². The number of carbonyl (C=O) groups excluding carboxylic acids is 2. The van der Waals surface area contributed by atoms with Crippen molar-refractivity contribution in [3.8, 4) is 11.5 Å². The van der Waals surface area contributed by atoms with E-state index in [0.717, 1.165) is 17.4 Å². The zero-order chi connectivity index (χ0) is 32.5. The van der Waals surface area contributed by atoms with Crippen molar-refractivity contribution < 1.29 is 27.5 Å². The lowest BCUT2D eigenvalue weighted by Gasteiger charge is -2.34. The molecule has 44 heavy (non-hydrogen) atoms. The second kappa shape index (κ2) is 15.3. The molecule has 2 amide bonds. The summed E-state index contributed by atoms with van der Waals surface area (Å²) in [4.78, 5) is 29.4.